The molecule has 1 aliphatic heterocycles. The summed E-state index contributed by atoms with van der Waals surface area (Å²) in [6.45, 7) is 1.31. The summed E-state index contributed by atoms with van der Waals surface area (Å²) >= 11 is 12.1. The van der Waals surface area contributed by atoms with Gasteiger partial charge in [-0.1, -0.05) is 23.2 Å². The topological polar surface area (TPSA) is 75.3 Å². The highest BCUT2D eigenvalue weighted by atomic mass is 35.5. The molecule has 2 heterocycles. The van der Waals surface area contributed by atoms with Gasteiger partial charge in [0.25, 0.3) is 5.91 Å². The third-order valence-corrected chi connectivity index (χ3v) is 6.87. The van der Waals surface area contributed by atoms with Gasteiger partial charge in [0.15, 0.2) is 6.10 Å². The van der Waals surface area contributed by atoms with E-state index in [2.05, 4.69) is 20.9 Å². The number of anilines is 2. The van der Waals surface area contributed by atoms with E-state index >= 15 is 0 Å². The number of hydrogen-bond acceptors (Lipinski definition) is 5. The average Bonchev–Trinajstić information content (AvgIpc) is 2.83. The molecule has 3 aromatic rings. The summed E-state index contributed by atoms with van der Waals surface area (Å²) in [5, 5.41) is 12.3. The normalized spacial score (nSPS) is 22.1. The number of amides is 1. The molecule has 1 unspecified atom stereocenters. The minimum absolute atomic E-state index is 0.0647. The molecule has 0 saturated heterocycles. The van der Waals surface area contributed by atoms with Crippen LogP contribution in [-0.2, 0) is 4.79 Å². The Labute approximate surface area is 203 Å². The largest absolute Gasteiger partial charge is 0.477 e. The molecule has 1 fully saturated rings. The van der Waals surface area contributed by atoms with Crippen molar-refractivity contribution in [3.05, 3.63) is 58.6 Å². The van der Waals surface area contributed by atoms with Gasteiger partial charge in [0.1, 0.15) is 11.6 Å². The van der Waals surface area contributed by atoms with Crippen LogP contribution in [0, 0.1) is 5.92 Å². The van der Waals surface area contributed by atoms with Crippen LogP contribution >= 0.6 is 23.2 Å². The van der Waals surface area contributed by atoms with Gasteiger partial charge >= 0.3 is 0 Å². The molecule has 1 amide bonds. The average molecular weight is 485 g/mol. The van der Waals surface area contributed by atoms with Crippen molar-refractivity contribution >= 4 is 51.5 Å². The predicted octanol–water partition coefficient (Wildman–Crippen LogP) is 5.50. The molecule has 5 rings (SSSR count). The number of rotatable bonds is 5. The van der Waals surface area contributed by atoms with Gasteiger partial charge in [-0.2, -0.15) is 0 Å². The first-order valence-electron chi connectivity index (χ1n) is 11.3. The number of nitrogens with zero attached hydrogens (tertiary/aromatic N) is 1. The summed E-state index contributed by atoms with van der Waals surface area (Å²) < 4.78 is 5.88. The highest BCUT2D eigenvalue weighted by Gasteiger charge is 2.29. The number of carbonyl (C=O) groups excluding carboxylic acids is 1. The SMILES string of the molecule is O=C(NC1CCC(CNc2ccc3cc(Cl)ccc3n2)CC1)C1CNc2cc(Cl)ccc2O1. The van der Waals surface area contributed by atoms with Crippen LogP contribution in [0.3, 0.4) is 0 Å². The van der Waals surface area contributed by atoms with Crippen LogP contribution in [0.2, 0.25) is 10.0 Å². The van der Waals surface area contributed by atoms with E-state index in [1.807, 2.05) is 36.4 Å². The molecule has 1 aliphatic carbocycles. The van der Waals surface area contributed by atoms with Crippen LogP contribution in [-0.4, -0.2) is 36.1 Å². The van der Waals surface area contributed by atoms with E-state index in [1.54, 1.807) is 12.1 Å². The summed E-state index contributed by atoms with van der Waals surface area (Å²) in [5.74, 6) is 2.03. The van der Waals surface area contributed by atoms with Crippen molar-refractivity contribution in [2.75, 3.05) is 23.7 Å². The minimum Gasteiger partial charge on any atom is -0.477 e. The number of aromatic nitrogens is 1. The molecule has 1 saturated carbocycles. The van der Waals surface area contributed by atoms with Crippen molar-refractivity contribution < 1.29 is 9.53 Å². The number of nitrogens with one attached hydrogen (secondary N) is 3. The number of benzene rings is 2. The van der Waals surface area contributed by atoms with Gasteiger partial charge in [-0.25, -0.2) is 4.98 Å². The van der Waals surface area contributed by atoms with E-state index in [0.717, 1.165) is 59.7 Å². The van der Waals surface area contributed by atoms with Gasteiger partial charge in [-0.15, -0.1) is 0 Å². The van der Waals surface area contributed by atoms with Crippen molar-refractivity contribution in [3.8, 4) is 5.75 Å². The lowest BCUT2D eigenvalue weighted by Crippen LogP contribution is -2.49. The standard InChI is InChI=1S/C25H26Cl2N4O2/c26-17-4-8-20-16(11-17)3-10-24(31-20)29-13-15-1-6-19(7-2-15)30-25(32)23-14-28-21-12-18(27)5-9-22(21)33-23/h3-5,8-12,15,19,23,28H,1-2,6-7,13-14H2,(H,29,31)(H,30,32). The fourth-order valence-electron chi connectivity index (χ4n) is 4.54. The maximum Gasteiger partial charge on any atom is 0.263 e. The monoisotopic (exact) mass is 484 g/mol. The maximum atomic E-state index is 12.7. The van der Waals surface area contributed by atoms with Crippen molar-refractivity contribution in [2.24, 2.45) is 5.92 Å². The number of ether oxygens (including phenoxy) is 1. The second kappa shape index (κ2) is 9.65. The molecule has 0 spiro atoms. The molecule has 3 N–H and O–H groups in total. The van der Waals surface area contributed by atoms with Crippen LogP contribution in [0.4, 0.5) is 11.5 Å². The number of carbonyl (C=O) groups is 1. The molecule has 2 aromatic carbocycles. The second-order valence-corrected chi connectivity index (χ2v) is 9.64. The first kappa shape index (κ1) is 22.1. The quantitative estimate of drug-likeness (QED) is 0.445. The summed E-state index contributed by atoms with van der Waals surface area (Å²) in [6, 6.07) is 15.3. The van der Waals surface area contributed by atoms with Gasteiger partial charge in [-0.3, -0.25) is 4.79 Å². The lowest BCUT2D eigenvalue weighted by atomic mass is 9.86. The predicted molar refractivity (Wildman–Crippen MR) is 133 cm³/mol. The van der Waals surface area contributed by atoms with Crippen LogP contribution in [0.25, 0.3) is 10.9 Å². The number of pyridine rings is 1. The zero-order chi connectivity index (χ0) is 22.8. The second-order valence-electron chi connectivity index (χ2n) is 8.77. The Morgan fingerprint density at radius 1 is 1.03 bits per heavy atom. The first-order chi connectivity index (χ1) is 16.0. The van der Waals surface area contributed by atoms with Crippen LogP contribution < -0.4 is 20.7 Å². The van der Waals surface area contributed by atoms with Gasteiger partial charge in [-0.05, 0) is 80.1 Å². The van der Waals surface area contributed by atoms with Gasteiger partial charge in [0.2, 0.25) is 0 Å². The number of fused-ring (bicyclic) bond motifs is 2. The molecule has 1 atom stereocenters. The lowest BCUT2D eigenvalue weighted by Gasteiger charge is -2.32. The Hall–Kier alpha value is -2.70. The van der Waals surface area contributed by atoms with E-state index in [0.29, 0.717) is 23.2 Å². The van der Waals surface area contributed by atoms with Crippen molar-refractivity contribution in [1.82, 2.24) is 10.3 Å². The van der Waals surface area contributed by atoms with Gasteiger partial charge in [0, 0.05) is 28.0 Å². The minimum atomic E-state index is -0.535. The van der Waals surface area contributed by atoms with Crippen molar-refractivity contribution in [3.63, 3.8) is 0 Å². The van der Waals surface area contributed by atoms with Gasteiger partial charge in [0.05, 0.1) is 17.7 Å². The summed E-state index contributed by atoms with van der Waals surface area (Å²) in [6.07, 6.45) is 3.52. The molecule has 1 aromatic heterocycles. The number of halogens is 2. The Bertz CT molecular complexity index is 1160. The maximum absolute atomic E-state index is 12.7. The highest BCUT2D eigenvalue weighted by molar-refractivity contribution is 6.31. The van der Waals surface area contributed by atoms with Crippen molar-refractivity contribution in [1.29, 1.82) is 0 Å². The van der Waals surface area contributed by atoms with Crippen LogP contribution in [0.15, 0.2) is 48.5 Å². The molecule has 8 heteroatoms. The van der Waals surface area contributed by atoms with E-state index in [1.165, 1.54) is 0 Å². The fourth-order valence-corrected chi connectivity index (χ4v) is 4.89. The van der Waals surface area contributed by atoms with E-state index in [-0.39, 0.29) is 11.9 Å². The lowest BCUT2D eigenvalue weighted by molar-refractivity contribution is -0.128. The highest BCUT2D eigenvalue weighted by Crippen LogP contribution is 2.32. The Morgan fingerprint density at radius 3 is 2.67 bits per heavy atom. The fraction of sp³-hybridized carbons (Fsp3) is 0.360. The van der Waals surface area contributed by atoms with E-state index < -0.39 is 6.10 Å². The Balaban J connectivity index is 1.08. The Kier molecular flexibility index (Phi) is 6.47. The van der Waals surface area contributed by atoms with E-state index in [9.17, 15) is 4.79 Å². The molecule has 2 aliphatic rings. The molecule has 172 valence electrons. The summed E-state index contributed by atoms with van der Waals surface area (Å²) in [4.78, 5) is 17.4. The third-order valence-electron chi connectivity index (χ3n) is 6.40. The Morgan fingerprint density at radius 2 is 1.82 bits per heavy atom. The zero-order valence-corrected chi connectivity index (χ0v) is 19.6. The number of hydrogen-bond donors (Lipinski definition) is 3. The van der Waals surface area contributed by atoms with Crippen molar-refractivity contribution in [2.45, 2.75) is 37.8 Å². The summed E-state index contributed by atoms with van der Waals surface area (Å²) in [5.41, 5.74) is 1.75. The third kappa shape index (κ3) is 5.28. The first-order valence-corrected chi connectivity index (χ1v) is 12.1. The smallest absolute Gasteiger partial charge is 0.263 e. The summed E-state index contributed by atoms with van der Waals surface area (Å²) in [7, 11) is 0. The zero-order valence-electron chi connectivity index (χ0n) is 18.1. The van der Waals surface area contributed by atoms with Crippen LogP contribution in [0.1, 0.15) is 25.7 Å². The van der Waals surface area contributed by atoms with Gasteiger partial charge < -0.3 is 20.7 Å². The molecule has 6 nitrogen and oxygen atoms in total. The molecule has 0 radical (unpaired) electrons. The molecular weight excluding hydrogens is 459 g/mol. The van der Waals surface area contributed by atoms with Crippen LogP contribution in [0.5, 0.6) is 5.75 Å². The van der Waals surface area contributed by atoms with E-state index in [4.69, 9.17) is 27.9 Å². The molecule has 0 bridgehead atoms. The molecule has 33 heavy (non-hydrogen) atoms. The molecular formula is C25H26Cl2N4O2.